The summed E-state index contributed by atoms with van der Waals surface area (Å²) in [6, 6.07) is 9.86. The van der Waals surface area contributed by atoms with E-state index in [4.69, 9.17) is 9.47 Å². The van der Waals surface area contributed by atoms with Crippen LogP contribution in [-0.4, -0.2) is 49.1 Å². The first-order valence-corrected chi connectivity index (χ1v) is 8.92. The number of Topliss-reactive ketones (excluding diaryl/α,β-unsaturated/α-hetero) is 1. The Morgan fingerprint density at radius 2 is 2.00 bits per heavy atom. The predicted molar refractivity (Wildman–Crippen MR) is 97.6 cm³/mol. The summed E-state index contributed by atoms with van der Waals surface area (Å²) < 4.78 is 10.5. The fourth-order valence-electron chi connectivity index (χ4n) is 3.06. The molecule has 26 heavy (non-hydrogen) atoms. The minimum absolute atomic E-state index is 0.0676. The van der Waals surface area contributed by atoms with E-state index < -0.39 is 17.7 Å². The molecule has 1 unspecified atom stereocenters. The molecule has 1 aromatic heterocycles. The third-order valence-electron chi connectivity index (χ3n) is 4.26. The average molecular weight is 373 g/mol. The van der Waals surface area contributed by atoms with Crippen LogP contribution in [-0.2, 0) is 9.53 Å². The largest absolute Gasteiger partial charge is 0.503 e. The monoisotopic (exact) mass is 373 g/mol. The van der Waals surface area contributed by atoms with Gasteiger partial charge in [-0.15, -0.1) is 11.3 Å². The van der Waals surface area contributed by atoms with Crippen LogP contribution in [0.1, 0.15) is 21.3 Å². The van der Waals surface area contributed by atoms with Crippen LogP contribution in [0.4, 0.5) is 0 Å². The van der Waals surface area contributed by atoms with Crippen LogP contribution in [0.15, 0.2) is 53.1 Å². The van der Waals surface area contributed by atoms with Crippen molar-refractivity contribution in [3.05, 3.63) is 63.6 Å². The number of hydrogen-bond acceptors (Lipinski definition) is 6. The first kappa shape index (κ1) is 18.2. The highest BCUT2D eigenvalue weighted by molar-refractivity contribution is 7.12. The molecule has 0 fully saturated rings. The van der Waals surface area contributed by atoms with E-state index in [1.54, 1.807) is 35.7 Å². The second kappa shape index (κ2) is 7.72. The van der Waals surface area contributed by atoms with Crippen molar-refractivity contribution in [1.29, 1.82) is 0 Å². The normalized spacial score (nSPS) is 17.1. The summed E-state index contributed by atoms with van der Waals surface area (Å²) in [5.74, 6) is -0.922. The number of ketones is 1. The number of nitrogens with zero attached hydrogens (tertiary/aromatic N) is 1. The van der Waals surface area contributed by atoms with E-state index in [0.717, 1.165) is 0 Å². The first-order valence-electron chi connectivity index (χ1n) is 8.04. The molecular formula is C19H19NO5S. The number of aliphatic hydroxyl groups excluding tert-OH is 1. The van der Waals surface area contributed by atoms with E-state index in [0.29, 0.717) is 16.2 Å². The summed E-state index contributed by atoms with van der Waals surface area (Å²) in [6.45, 7) is 0.522. The quantitative estimate of drug-likeness (QED) is 0.755. The Balaban J connectivity index is 2.12. The van der Waals surface area contributed by atoms with Crippen LogP contribution < -0.4 is 4.74 Å². The zero-order chi connectivity index (χ0) is 18.7. The number of amides is 1. The molecule has 1 amide bonds. The van der Waals surface area contributed by atoms with Crippen LogP contribution in [0.25, 0.3) is 0 Å². The smallest absolute Gasteiger partial charge is 0.290 e. The summed E-state index contributed by atoms with van der Waals surface area (Å²) in [5.41, 5.74) is 0.710. The molecule has 1 aliphatic rings. The second-order valence-corrected chi connectivity index (χ2v) is 6.65. The van der Waals surface area contributed by atoms with Gasteiger partial charge in [0.25, 0.3) is 5.91 Å². The van der Waals surface area contributed by atoms with Crippen molar-refractivity contribution < 1.29 is 24.2 Å². The maximum atomic E-state index is 13.0. The number of hydrogen-bond donors (Lipinski definition) is 1. The van der Waals surface area contributed by atoms with Crippen molar-refractivity contribution in [1.82, 2.24) is 4.90 Å². The Labute approximate surface area is 155 Å². The molecule has 7 heteroatoms. The number of benzene rings is 1. The number of aliphatic hydroxyl groups is 1. The Hall–Kier alpha value is -2.64. The molecule has 3 rings (SSSR count). The Bertz CT molecular complexity index is 843. The van der Waals surface area contributed by atoms with E-state index >= 15 is 0 Å². The Kier molecular flexibility index (Phi) is 5.39. The Morgan fingerprint density at radius 1 is 1.23 bits per heavy atom. The van der Waals surface area contributed by atoms with Crippen LogP contribution in [0, 0.1) is 0 Å². The highest BCUT2D eigenvalue weighted by atomic mass is 32.1. The molecule has 0 saturated carbocycles. The van der Waals surface area contributed by atoms with Crippen molar-refractivity contribution in [2.45, 2.75) is 6.04 Å². The summed E-state index contributed by atoms with van der Waals surface area (Å²) in [7, 11) is 3.06. The molecule has 1 atom stereocenters. The topological polar surface area (TPSA) is 76.1 Å². The summed E-state index contributed by atoms with van der Waals surface area (Å²) in [4.78, 5) is 27.6. The molecule has 1 aromatic carbocycles. The molecule has 0 radical (unpaired) electrons. The summed E-state index contributed by atoms with van der Waals surface area (Å²) >= 11 is 1.27. The SMILES string of the molecule is COCCN1C(=O)C(O)=C(C(=O)c2cccs2)C1c1ccccc1OC. The lowest BCUT2D eigenvalue weighted by molar-refractivity contribution is -0.130. The maximum absolute atomic E-state index is 13.0. The number of thiophene rings is 1. The first-order chi connectivity index (χ1) is 12.6. The van der Waals surface area contributed by atoms with Crippen molar-refractivity contribution in [2.24, 2.45) is 0 Å². The minimum atomic E-state index is -0.733. The summed E-state index contributed by atoms with van der Waals surface area (Å²) in [6.07, 6.45) is 0. The zero-order valence-corrected chi connectivity index (χ0v) is 15.3. The maximum Gasteiger partial charge on any atom is 0.290 e. The van der Waals surface area contributed by atoms with Gasteiger partial charge in [0.15, 0.2) is 5.76 Å². The molecule has 2 aromatic rings. The highest BCUT2D eigenvalue weighted by Crippen LogP contribution is 2.42. The van der Waals surface area contributed by atoms with Gasteiger partial charge in [0, 0.05) is 19.2 Å². The van der Waals surface area contributed by atoms with Crippen LogP contribution in [0.2, 0.25) is 0 Å². The fourth-order valence-corrected chi connectivity index (χ4v) is 3.74. The highest BCUT2D eigenvalue weighted by Gasteiger charge is 2.44. The van der Waals surface area contributed by atoms with Gasteiger partial charge in [-0.25, -0.2) is 0 Å². The molecule has 0 bridgehead atoms. The molecule has 1 aliphatic heterocycles. The number of carbonyl (C=O) groups excluding carboxylic acids is 2. The minimum Gasteiger partial charge on any atom is -0.503 e. The molecule has 136 valence electrons. The zero-order valence-electron chi connectivity index (χ0n) is 14.5. The molecule has 2 heterocycles. The van der Waals surface area contributed by atoms with E-state index in [-0.39, 0.29) is 24.5 Å². The second-order valence-electron chi connectivity index (χ2n) is 5.70. The van der Waals surface area contributed by atoms with E-state index in [1.165, 1.54) is 30.5 Å². The molecule has 0 spiro atoms. The standard InChI is InChI=1S/C19H19NO5S/c1-24-10-9-20-16(12-6-3-4-7-13(12)25-2)15(18(22)19(20)23)17(21)14-8-5-11-26-14/h3-8,11,16,22H,9-10H2,1-2H3. The van der Waals surface area contributed by atoms with Crippen LogP contribution >= 0.6 is 11.3 Å². The van der Waals surface area contributed by atoms with Crippen LogP contribution in [0.3, 0.4) is 0 Å². The third kappa shape index (κ3) is 3.11. The molecule has 1 N–H and O–H groups in total. The summed E-state index contributed by atoms with van der Waals surface area (Å²) in [5, 5.41) is 12.3. The van der Waals surface area contributed by atoms with Gasteiger partial charge < -0.3 is 19.5 Å². The van der Waals surface area contributed by atoms with E-state index in [1.807, 2.05) is 6.07 Å². The number of ether oxygens (including phenoxy) is 2. The van der Waals surface area contributed by atoms with Gasteiger partial charge >= 0.3 is 0 Å². The van der Waals surface area contributed by atoms with Crippen LogP contribution in [0.5, 0.6) is 5.75 Å². The number of rotatable bonds is 7. The fraction of sp³-hybridized carbons (Fsp3) is 0.263. The lowest BCUT2D eigenvalue weighted by atomic mass is 9.94. The van der Waals surface area contributed by atoms with Crippen molar-refractivity contribution >= 4 is 23.0 Å². The average Bonchev–Trinajstić information content (AvgIpc) is 3.28. The number of methoxy groups -OCH3 is 2. The molecular weight excluding hydrogens is 354 g/mol. The van der Waals surface area contributed by atoms with E-state index in [9.17, 15) is 14.7 Å². The van der Waals surface area contributed by atoms with Gasteiger partial charge in [-0.3, -0.25) is 9.59 Å². The number of para-hydroxylation sites is 1. The lowest BCUT2D eigenvalue weighted by Gasteiger charge is -2.27. The molecule has 0 saturated heterocycles. The predicted octanol–water partition coefficient (Wildman–Crippen LogP) is 2.98. The third-order valence-corrected chi connectivity index (χ3v) is 5.13. The van der Waals surface area contributed by atoms with Crippen molar-refractivity contribution in [3.63, 3.8) is 0 Å². The van der Waals surface area contributed by atoms with Gasteiger partial charge in [-0.2, -0.15) is 0 Å². The van der Waals surface area contributed by atoms with E-state index in [2.05, 4.69) is 0 Å². The van der Waals surface area contributed by atoms with Gasteiger partial charge in [-0.05, 0) is 17.5 Å². The van der Waals surface area contributed by atoms with Gasteiger partial charge in [0.1, 0.15) is 5.75 Å². The lowest BCUT2D eigenvalue weighted by Crippen LogP contribution is -2.34. The Morgan fingerprint density at radius 3 is 2.65 bits per heavy atom. The van der Waals surface area contributed by atoms with Gasteiger partial charge in [0.2, 0.25) is 5.78 Å². The number of carbonyl (C=O) groups is 2. The van der Waals surface area contributed by atoms with Crippen molar-refractivity contribution in [2.75, 3.05) is 27.4 Å². The van der Waals surface area contributed by atoms with Gasteiger partial charge in [-0.1, -0.05) is 24.3 Å². The molecule has 6 nitrogen and oxygen atoms in total. The van der Waals surface area contributed by atoms with Gasteiger partial charge in [0.05, 0.1) is 30.2 Å². The molecule has 0 aliphatic carbocycles. The van der Waals surface area contributed by atoms with Crippen molar-refractivity contribution in [3.8, 4) is 5.75 Å².